The maximum atomic E-state index is 11.0. The van der Waals surface area contributed by atoms with Gasteiger partial charge in [-0.2, -0.15) is 0 Å². The molecule has 1 heterocycles. The maximum Gasteiger partial charge on any atom is 0.337 e. The number of anilines is 2. The van der Waals surface area contributed by atoms with Gasteiger partial charge < -0.3 is 15.7 Å². The topological polar surface area (TPSA) is 66.6 Å². The Morgan fingerprint density at radius 1 is 1.47 bits per heavy atom. The van der Waals surface area contributed by atoms with Gasteiger partial charge in [-0.05, 0) is 44.4 Å². The van der Waals surface area contributed by atoms with Crippen LogP contribution in [0.5, 0.6) is 0 Å². The number of aromatic carboxylic acids is 1. The number of carboxylic acids is 1. The van der Waals surface area contributed by atoms with Gasteiger partial charge in [-0.1, -0.05) is 0 Å². The first-order valence-corrected chi connectivity index (χ1v) is 5.99. The lowest BCUT2D eigenvalue weighted by molar-refractivity contribution is 0.0698. The van der Waals surface area contributed by atoms with Gasteiger partial charge in [0.05, 0.1) is 5.56 Å². The molecule has 0 aliphatic carbocycles. The molecular weight excluding hydrogens is 216 g/mol. The van der Waals surface area contributed by atoms with Crippen molar-refractivity contribution in [1.29, 1.82) is 0 Å². The number of nitrogens with two attached hydrogens (primary N) is 1. The lowest BCUT2D eigenvalue weighted by Gasteiger charge is -2.35. The molecule has 0 aromatic heterocycles. The normalized spacial score (nSPS) is 20.3. The van der Waals surface area contributed by atoms with E-state index in [1.807, 2.05) is 6.07 Å². The summed E-state index contributed by atoms with van der Waals surface area (Å²) in [4.78, 5) is 13.3. The molecule has 92 valence electrons. The van der Waals surface area contributed by atoms with Crippen LogP contribution in [0, 0.1) is 0 Å². The van der Waals surface area contributed by atoms with Crippen LogP contribution >= 0.6 is 0 Å². The molecule has 0 saturated carbocycles. The van der Waals surface area contributed by atoms with E-state index < -0.39 is 5.97 Å². The Morgan fingerprint density at radius 3 is 2.88 bits per heavy atom. The van der Waals surface area contributed by atoms with Crippen LogP contribution in [0.3, 0.4) is 0 Å². The quantitative estimate of drug-likeness (QED) is 0.771. The molecule has 3 N–H and O–H groups in total. The number of rotatable bonds is 2. The fourth-order valence-corrected chi connectivity index (χ4v) is 2.39. The average Bonchev–Trinajstić information content (AvgIpc) is 2.30. The van der Waals surface area contributed by atoms with Crippen LogP contribution in [-0.4, -0.2) is 23.7 Å². The summed E-state index contributed by atoms with van der Waals surface area (Å²) >= 11 is 0. The summed E-state index contributed by atoms with van der Waals surface area (Å²) in [5, 5.41) is 9.06. The Hall–Kier alpha value is -1.71. The van der Waals surface area contributed by atoms with Crippen molar-refractivity contribution in [2.45, 2.75) is 32.2 Å². The van der Waals surface area contributed by atoms with Crippen LogP contribution in [0.4, 0.5) is 11.4 Å². The Labute approximate surface area is 101 Å². The average molecular weight is 234 g/mol. The highest BCUT2D eigenvalue weighted by Crippen LogP contribution is 2.27. The van der Waals surface area contributed by atoms with E-state index in [9.17, 15) is 4.79 Å². The molecule has 1 aromatic carbocycles. The number of nitrogens with zero attached hydrogens (tertiary/aromatic N) is 1. The van der Waals surface area contributed by atoms with E-state index in [2.05, 4.69) is 11.8 Å². The molecule has 0 amide bonds. The molecule has 17 heavy (non-hydrogen) atoms. The van der Waals surface area contributed by atoms with Crippen molar-refractivity contribution in [2.24, 2.45) is 0 Å². The van der Waals surface area contributed by atoms with E-state index in [0.717, 1.165) is 25.1 Å². The fraction of sp³-hybridized carbons (Fsp3) is 0.462. The highest BCUT2D eigenvalue weighted by molar-refractivity contribution is 5.94. The van der Waals surface area contributed by atoms with E-state index in [1.165, 1.54) is 6.42 Å². The van der Waals surface area contributed by atoms with Gasteiger partial charge in [-0.25, -0.2) is 4.79 Å². The van der Waals surface area contributed by atoms with Gasteiger partial charge in [0.15, 0.2) is 0 Å². The molecule has 0 bridgehead atoms. The summed E-state index contributed by atoms with van der Waals surface area (Å²) in [6.07, 6.45) is 3.57. The van der Waals surface area contributed by atoms with E-state index in [-0.39, 0.29) is 5.56 Å². The van der Waals surface area contributed by atoms with E-state index in [4.69, 9.17) is 10.8 Å². The molecule has 1 aromatic rings. The van der Waals surface area contributed by atoms with Gasteiger partial charge in [0.2, 0.25) is 0 Å². The summed E-state index contributed by atoms with van der Waals surface area (Å²) in [6, 6.07) is 5.73. The number of nitrogen functional groups attached to an aromatic ring is 1. The highest BCUT2D eigenvalue weighted by atomic mass is 16.4. The van der Waals surface area contributed by atoms with Crippen molar-refractivity contribution >= 4 is 17.3 Å². The largest absolute Gasteiger partial charge is 0.478 e. The van der Waals surface area contributed by atoms with Gasteiger partial charge in [0.25, 0.3) is 0 Å². The summed E-state index contributed by atoms with van der Waals surface area (Å²) < 4.78 is 0. The number of benzene rings is 1. The molecular formula is C13H18N2O2. The van der Waals surface area contributed by atoms with Gasteiger partial charge in [0, 0.05) is 24.0 Å². The Morgan fingerprint density at radius 2 is 2.24 bits per heavy atom. The standard InChI is InChI=1S/C13H18N2O2/c1-9-4-2-3-7-15(9)10-5-6-12(14)11(8-10)13(16)17/h5-6,8-9H,2-4,7,14H2,1H3,(H,16,17). The van der Waals surface area contributed by atoms with E-state index in [1.54, 1.807) is 12.1 Å². The van der Waals surface area contributed by atoms with Crippen molar-refractivity contribution < 1.29 is 9.90 Å². The van der Waals surface area contributed by atoms with Gasteiger partial charge >= 0.3 is 5.97 Å². The van der Waals surface area contributed by atoms with Crippen molar-refractivity contribution in [3.05, 3.63) is 23.8 Å². The van der Waals surface area contributed by atoms with Gasteiger partial charge in [-0.15, -0.1) is 0 Å². The first-order valence-electron chi connectivity index (χ1n) is 5.99. The number of piperidine rings is 1. The third kappa shape index (κ3) is 2.35. The zero-order chi connectivity index (χ0) is 12.4. The van der Waals surface area contributed by atoms with Gasteiger partial charge in [-0.3, -0.25) is 0 Å². The maximum absolute atomic E-state index is 11.0. The van der Waals surface area contributed by atoms with Gasteiger partial charge in [0.1, 0.15) is 0 Å². The Balaban J connectivity index is 2.32. The number of carboxylic acid groups (broad SMARTS) is 1. The Kier molecular flexibility index (Phi) is 3.22. The number of carbonyl (C=O) groups is 1. The summed E-state index contributed by atoms with van der Waals surface area (Å²) in [6.45, 7) is 3.17. The third-order valence-corrected chi connectivity index (χ3v) is 3.40. The Bertz CT molecular complexity index is 431. The molecule has 0 radical (unpaired) electrons. The van der Waals surface area contributed by atoms with Crippen LogP contribution in [0.2, 0.25) is 0 Å². The molecule has 1 aliphatic heterocycles. The summed E-state index contributed by atoms with van der Waals surface area (Å²) in [5.74, 6) is -0.964. The monoisotopic (exact) mass is 234 g/mol. The fourth-order valence-electron chi connectivity index (χ4n) is 2.39. The van der Waals surface area contributed by atoms with Crippen molar-refractivity contribution in [2.75, 3.05) is 17.2 Å². The molecule has 0 spiro atoms. The second kappa shape index (κ2) is 4.65. The molecule has 2 rings (SSSR count). The molecule has 1 atom stereocenters. The number of hydrogen-bond donors (Lipinski definition) is 2. The zero-order valence-corrected chi connectivity index (χ0v) is 10.0. The molecule has 4 heteroatoms. The van der Waals surface area contributed by atoms with Crippen molar-refractivity contribution in [3.8, 4) is 0 Å². The second-order valence-electron chi connectivity index (χ2n) is 4.61. The van der Waals surface area contributed by atoms with Crippen LogP contribution in [0.1, 0.15) is 36.5 Å². The molecule has 1 aliphatic rings. The highest BCUT2D eigenvalue weighted by Gasteiger charge is 2.20. The minimum Gasteiger partial charge on any atom is -0.478 e. The summed E-state index contributed by atoms with van der Waals surface area (Å²) in [5.41, 5.74) is 7.14. The van der Waals surface area contributed by atoms with E-state index in [0.29, 0.717) is 11.7 Å². The smallest absolute Gasteiger partial charge is 0.337 e. The minimum atomic E-state index is -0.964. The lowest BCUT2D eigenvalue weighted by Crippen LogP contribution is -2.37. The third-order valence-electron chi connectivity index (χ3n) is 3.40. The minimum absolute atomic E-state index is 0.195. The van der Waals surface area contributed by atoms with Crippen LogP contribution in [-0.2, 0) is 0 Å². The number of hydrogen-bond acceptors (Lipinski definition) is 3. The second-order valence-corrected chi connectivity index (χ2v) is 4.61. The lowest BCUT2D eigenvalue weighted by atomic mass is 10.0. The molecule has 1 saturated heterocycles. The van der Waals surface area contributed by atoms with Crippen LogP contribution < -0.4 is 10.6 Å². The van der Waals surface area contributed by atoms with E-state index >= 15 is 0 Å². The first-order chi connectivity index (χ1) is 8.09. The molecule has 1 unspecified atom stereocenters. The molecule has 4 nitrogen and oxygen atoms in total. The first kappa shape index (κ1) is 11.8. The summed E-state index contributed by atoms with van der Waals surface area (Å²) in [7, 11) is 0. The van der Waals surface area contributed by atoms with Crippen LogP contribution in [0.15, 0.2) is 18.2 Å². The van der Waals surface area contributed by atoms with Crippen molar-refractivity contribution in [1.82, 2.24) is 0 Å². The SMILES string of the molecule is CC1CCCCN1c1ccc(N)c(C(=O)O)c1. The van der Waals surface area contributed by atoms with Crippen molar-refractivity contribution in [3.63, 3.8) is 0 Å². The van der Waals surface area contributed by atoms with Crippen LogP contribution in [0.25, 0.3) is 0 Å². The predicted octanol–water partition coefficient (Wildman–Crippen LogP) is 2.35. The zero-order valence-electron chi connectivity index (χ0n) is 10.0. The molecule has 1 fully saturated rings. The predicted molar refractivity (Wildman–Crippen MR) is 68.5 cm³/mol.